The van der Waals surface area contributed by atoms with Crippen LogP contribution in [-0.2, 0) is 31.9 Å². The van der Waals surface area contributed by atoms with E-state index in [1.54, 1.807) is 0 Å². The molecule has 2 atom stereocenters. The summed E-state index contributed by atoms with van der Waals surface area (Å²) in [6.45, 7) is 11.8. The molecule has 238 valence electrons. The van der Waals surface area contributed by atoms with Crippen LogP contribution in [0.25, 0.3) is 0 Å². The van der Waals surface area contributed by atoms with Crippen LogP contribution in [0.4, 0.5) is 17.6 Å². The molecule has 2 aliphatic carbocycles. The highest BCUT2D eigenvalue weighted by Gasteiger charge is 2.55. The highest BCUT2D eigenvalue weighted by Crippen LogP contribution is 2.65. The Morgan fingerprint density at radius 3 is 2.23 bits per heavy atom. The Morgan fingerprint density at radius 2 is 1.70 bits per heavy atom. The van der Waals surface area contributed by atoms with E-state index in [0.717, 1.165) is 59.8 Å². The molecule has 1 aromatic carbocycles. The van der Waals surface area contributed by atoms with Crippen LogP contribution in [0.5, 0.6) is 0 Å². The van der Waals surface area contributed by atoms with Crippen molar-refractivity contribution in [2.24, 2.45) is 5.41 Å². The molecule has 2 spiro atoms. The van der Waals surface area contributed by atoms with Crippen LogP contribution < -0.4 is 0 Å². The smallest absolute Gasteiger partial charge is 0.381 e. The summed E-state index contributed by atoms with van der Waals surface area (Å²) in [5, 5.41) is 0. The third kappa shape index (κ3) is 5.24. The first-order valence-electron chi connectivity index (χ1n) is 15.6. The Hall–Kier alpha value is -1.68. The molecular formula is C34H45F4NO3S. The SMILES string of the molecule is CC(C)c1nc2c(c3c1C(c1ccc(C(F)(F)F)cc1F)OC31CCOCC1)C(OS(C)(C)C(C)(C)C)CC1(CCC1)C2. The lowest BCUT2D eigenvalue weighted by Crippen LogP contribution is -2.42. The molecule has 2 aliphatic heterocycles. The molecule has 43 heavy (non-hydrogen) atoms. The number of fused-ring (bicyclic) bond motifs is 4. The number of nitrogens with zero attached hydrogens (tertiary/aromatic N) is 1. The third-order valence-corrected chi connectivity index (χ3v) is 14.3. The van der Waals surface area contributed by atoms with E-state index < -0.39 is 39.6 Å². The summed E-state index contributed by atoms with van der Waals surface area (Å²) in [6.07, 6.45) is 5.25. The van der Waals surface area contributed by atoms with E-state index in [1.165, 1.54) is 12.5 Å². The first kappa shape index (κ1) is 31.3. The van der Waals surface area contributed by atoms with Gasteiger partial charge in [-0.15, -0.1) is 10.3 Å². The molecule has 9 heteroatoms. The van der Waals surface area contributed by atoms with Crippen LogP contribution in [0.15, 0.2) is 18.2 Å². The summed E-state index contributed by atoms with van der Waals surface area (Å²) in [6, 6.07) is 2.80. The second-order valence-corrected chi connectivity index (χ2v) is 18.7. The van der Waals surface area contributed by atoms with Gasteiger partial charge in [0, 0.05) is 58.9 Å². The summed E-state index contributed by atoms with van der Waals surface area (Å²) in [5.74, 6) is -0.908. The van der Waals surface area contributed by atoms with Gasteiger partial charge in [-0.1, -0.05) is 47.1 Å². The largest absolute Gasteiger partial charge is 0.416 e. The van der Waals surface area contributed by atoms with Crippen LogP contribution in [0.3, 0.4) is 0 Å². The van der Waals surface area contributed by atoms with Crippen molar-refractivity contribution in [3.8, 4) is 0 Å². The van der Waals surface area contributed by atoms with E-state index in [4.69, 9.17) is 18.6 Å². The average molecular weight is 624 g/mol. The minimum atomic E-state index is -4.64. The fraction of sp³-hybridized carbons (Fsp3) is 0.676. The number of aromatic nitrogens is 1. The number of benzene rings is 1. The minimum Gasteiger partial charge on any atom is -0.381 e. The quantitative estimate of drug-likeness (QED) is 0.318. The van der Waals surface area contributed by atoms with Crippen molar-refractivity contribution < 1.29 is 31.2 Å². The predicted octanol–water partition coefficient (Wildman–Crippen LogP) is 9.44. The van der Waals surface area contributed by atoms with E-state index in [1.807, 2.05) is 0 Å². The highest BCUT2D eigenvalue weighted by molar-refractivity contribution is 8.29. The van der Waals surface area contributed by atoms with Crippen molar-refractivity contribution in [1.82, 2.24) is 4.98 Å². The molecule has 0 N–H and O–H groups in total. The van der Waals surface area contributed by atoms with Gasteiger partial charge in [-0.2, -0.15) is 13.2 Å². The second kappa shape index (κ2) is 10.4. The number of hydrogen-bond acceptors (Lipinski definition) is 4. The zero-order valence-electron chi connectivity index (χ0n) is 26.4. The standard InChI is InChI=1S/C34H45F4NO3S/c1-20(2)29-27-28(26-24(39-29)18-32(11-8-12-32)19-25(26)42-43(6,7)31(3,4)5)33(13-15-40-16-14-33)41-30(27)22-10-9-21(17-23(22)35)34(36,37)38/h9-10,17,20,25,30H,8,11-16,18-19H2,1-7H3. The Bertz CT molecular complexity index is 1400. The third-order valence-electron chi connectivity index (χ3n) is 10.6. The molecule has 4 nitrogen and oxygen atoms in total. The maximum Gasteiger partial charge on any atom is 0.416 e. The van der Waals surface area contributed by atoms with Crippen LogP contribution in [0.2, 0.25) is 0 Å². The zero-order valence-corrected chi connectivity index (χ0v) is 27.2. The molecule has 2 fully saturated rings. The van der Waals surface area contributed by atoms with E-state index in [2.05, 4.69) is 47.1 Å². The van der Waals surface area contributed by atoms with Crippen LogP contribution in [-0.4, -0.2) is 35.5 Å². The summed E-state index contributed by atoms with van der Waals surface area (Å²) in [7, 11) is -1.51. The van der Waals surface area contributed by atoms with Crippen molar-refractivity contribution >= 4 is 10.3 Å². The molecule has 4 aliphatic rings. The highest BCUT2D eigenvalue weighted by atomic mass is 32.3. The van der Waals surface area contributed by atoms with Crippen LogP contribution >= 0.6 is 10.3 Å². The number of hydrogen-bond donors (Lipinski definition) is 0. The molecule has 0 radical (unpaired) electrons. The number of ether oxygens (including phenoxy) is 2. The number of rotatable bonds is 4. The van der Waals surface area contributed by atoms with E-state index in [-0.39, 0.29) is 27.7 Å². The minimum absolute atomic E-state index is 0.00734. The number of pyridine rings is 1. The lowest BCUT2D eigenvalue weighted by atomic mass is 9.58. The zero-order chi connectivity index (χ0) is 31.2. The maximum absolute atomic E-state index is 15.7. The average Bonchev–Trinajstić information content (AvgIpc) is 3.19. The number of alkyl halides is 3. The summed E-state index contributed by atoms with van der Waals surface area (Å²) in [4.78, 5) is 5.36. The first-order valence-corrected chi connectivity index (χ1v) is 17.9. The van der Waals surface area contributed by atoms with E-state index in [9.17, 15) is 13.2 Å². The van der Waals surface area contributed by atoms with Gasteiger partial charge >= 0.3 is 6.18 Å². The van der Waals surface area contributed by atoms with Crippen LogP contribution in [0, 0.1) is 11.2 Å². The Kier molecular flexibility index (Phi) is 7.59. The molecule has 0 bridgehead atoms. The fourth-order valence-corrected chi connectivity index (χ4v) is 8.44. The van der Waals surface area contributed by atoms with Crippen molar-refractivity contribution in [1.29, 1.82) is 0 Å². The van der Waals surface area contributed by atoms with E-state index >= 15 is 4.39 Å². The molecule has 6 rings (SSSR count). The first-order chi connectivity index (χ1) is 20.0. The normalized spacial score (nSPS) is 25.1. The maximum atomic E-state index is 15.7. The summed E-state index contributed by atoms with van der Waals surface area (Å²) in [5.41, 5.74) is 3.37. The van der Waals surface area contributed by atoms with Gasteiger partial charge in [-0.05, 0) is 67.2 Å². The van der Waals surface area contributed by atoms with Crippen molar-refractivity contribution in [3.63, 3.8) is 0 Å². The van der Waals surface area contributed by atoms with Gasteiger partial charge in [0.15, 0.2) is 0 Å². The molecule has 0 amide bonds. The number of halogens is 4. The van der Waals surface area contributed by atoms with Crippen LogP contribution in [0.1, 0.15) is 130 Å². The van der Waals surface area contributed by atoms with Crippen molar-refractivity contribution in [2.45, 2.75) is 114 Å². The van der Waals surface area contributed by atoms with Crippen molar-refractivity contribution in [2.75, 3.05) is 25.7 Å². The van der Waals surface area contributed by atoms with Gasteiger partial charge in [0.05, 0.1) is 17.3 Å². The Labute approximate surface area is 254 Å². The Balaban J connectivity index is 1.60. The fourth-order valence-electron chi connectivity index (χ4n) is 7.41. The van der Waals surface area contributed by atoms with Crippen molar-refractivity contribution in [3.05, 3.63) is 63.2 Å². The van der Waals surface area contributed by atoms with Gasteiger partial charge in [0.1, 0.15) is 11.9 Å². The molecule has 2 aromatic rings. The summed E-state index contributed by atoms with van der Waals surface area (Å²) >= 11 is 0. The predicted molar refractivity (Wildman–Crippen MR) is 162 cm³/mol. The van der Waals surface area contributed by atoms with Gasteiger partial charge < -0.3 is 13.7 Å². The summed E-state index contributed by atoms with van der Waals surface area (Å²) < 4.78 is 76.1. The topological polar surface area (TPSA) is 40.6 Å². The second-order valence-electron chi connectivity index (χ2n) is 14.8. The van der Waals surface area contributed by atoms with E-state index in [0.29, 0.717) is 32.1 Å². The lowest BCUT2D eigenvalue weighted by molar-refractivity contribution is -0.138. The van der Waals surface area contributed by atoms with Gasteiger partial charge in [0.2, 0.25) is 0 Å². The van der Waals surface area contributed by atoms with Gasteiger partial charge in [-0.3, -0.25) is 4.98 Å². The lowest BCUT2D eigenvalue weighted by Gasteiger charge is -2.53. The van der Waals surface area contributed by atoms with Gasteiger partial charge in [-0.25, -0.2) is 4.39 Å². The molecule has 3 heterocycles. The molecule has 1 saturated carbocycles. The molecule has 2 unspecified atom stereocenters. The van der Waals surface area contributed by atoms with Gasteiger partial charge in [0.25, 0.3) is 0 Å². The Morgan fingerprint density at radius 1 is 1.02 bits per heavy atom. The molecular weight excluding hydrogens is 578 g/mol. The molecule has 1 aromatic heterocycles. The monoisotopic (exact) mass is 623 g/mol. The molecule has 1 saturated heterocycles.